The molecule has 0 aromatic heterocycles. The van der Waals surface area contributed by atoms with Crippen LogP contribution in [0, 0.1) is 0 Å². The van der Waals surface area contributed by atoms with Crippen LogP contribution in [-0.2, 0) is 32.6 Å². The van der Waals surface area contributed by atoms with Crippen molar-refractivity contribution in [1.29, 1.82) is 0 Å². The third kappa shape index (κ3) is 8.64. The fourth-order valence-corrected chi connectivity index (χ4v) is 6.40. The van der Waals surface area contributed by atoms with E-state index in [0.29, 0.717) is 22.1 Å². The number of rotatable bonds is 13. The number of carbonyl (C=O) groups excluding carboxylic acids is 2. The van der Waals surface area contributed by atoms with Gasteiger partial charge in [-0.2, -0.15) is 0 Å². The van der Waals surface area contributed by atoms with Gasteiger partial charge in [0, 0.05) is 30.1 Å². The first-order valence-electron chi connectivity index (χ1n) is 14.2. The molecule has 4 rings (SSSR count). The molecular weight excluding hydrogens is 590 g/mol. The molecule has 0 radical (unpaired) electrons. The SMILES string of the molecule is COc1ccc(N(CC(=O)N(Cc2cccc(Cl)c2)[C@@H](Cc2ccccc2)C(=O)NC2CCCC2)S(C)(=O)=O)cc1OC. The summed E-state index contributed by atoms with van der Waals surface area (Å²) in [4.78, 5) is 29.6. The molecule has 0 heterocycles. The van der Waals surface area contributed by atoms with E-state index in [1.165, 1.54) is 25.2 Å². The lowest BCUT2D eigenvalue weighted by atomic mass is 10.0. The Morgan fingerprint density at radius 1 is 0.930 bits per heavy atom. The monoisotopic (exact) mass is 627 g/mol. The number of halogens is 1. The van der Waals surface area contributed by atoms with E-state index in [2.05, 4.69) is 5.32 Å². The fourth-order valence-electron chi connectivity index (χ4n) is 5.35. The summed E-state index contributed by atoms with van der Waals surface area (Å²) >= 11 is 6.28. The van der Waals surface area contributed by atoms with E-state index in [9.17, 15) is 18.0 Å². The van der Waals surface area contributed by atoms with Gasteiger partial charge in [0.25, 0.3) is 0 Å². The Morgan fingerprint density at radius 3 is 2.23 bits per heavy atom. The number of carbonyl (C=O) groups is 2. The smallest absolute Gasteiger partial charge is 0.244 e. The first-order chi connectivity index (χ1) is 20.6. The van der Waals surface area contributed by atoms with Crippen molar-refractivity contribution in [1.82, 2.24) is 10.2 Å². The van der Waals surface area contributed by atoms with Crippen molar-refractivity contribution < 1.29 is 27.5 Å². The second-order valence-electron chi connectivity index (χ2n) is 10.7. The molecule has 11 heteroatoms. The van der Waals surface area contributed by atoms with E-state index in [0.717, 1.165) is 41.8 Å². The van der Waals surface area contributed by atoms with Crippen molar-refractivity contribution in [3.8, 4) is 11.5 Å². The van der Waals surface area contributed by atoms with Crippen molar-refractivity contribution in [2.75, 3.05) is 31.3 Å². The summed E-state index contributed by atoms with van der Waals surface area (Å²) in [5.74, 6) is -0.0826. The molecule has 1 aliphatic carbocycles. The Hall–Kier alpha value is -3.76. The van der Waals surface area contributed by atoms with Gasteiger partial charge in [0.05, 0.1) is 26.2 Å². The van der Waals surface area contributed by atoms with Gasteiger partial charge in [0.1, 0.15) is 12.6 Å². The number of hydrogen-bond acceptors (Lipinski definition) is 6. The van der Waals surface area contributed by atoms with Crippen LogP contribution in [0.5, 0.6) is 11.5 Å². The van der Waals surface area contributed by atoms with Crippen LogP contribution in [-0.4, -0.2) is 64.2 Å². The molecule has 1 fully saturated rings. The maximum atomic E-state index is 14.3. The van der Waals surface area contributed by atoms with Crippen molar-refractivity contribution in [3.63, 3.8) is 0 Å². The van der Waals surface area contributed by atoms with Gasteiger partial charge in [-0.05, 0) is 48.2 Å². The predicted octanol–water partition coefficient (Wildman–Crippen LogP) is 4.82. The molecule has 0 saturated heterocycles. The number of hydrogen-bond donors (Lipinski definition) is 1. The van der Waals surface area contributed by atoms with E-state index in [1.54, 1.807) is 30.3 Å². The summed E-state index contributed by atoms with van der Waals surface area (Å²) < 4.78 is 37.8. The van der Waals surface area contributed by atoms with Crippen LogP contribution in [0.4, 0.5) is 5.69 Å². The number of nitrogens with one attached hydrogen (secondary N) is 1. The third-order valence-corrected chi connectivity index (χ3v) is 8.92. The highest BCUT2D eigenvalue weighted by atomic mass is 35.5. The Kier molecular flexibility index (Phi) is 10.9. The Bertz CT molecular complexity index is 1510. The van der Waals surface area contributed by atoms with Crippen LogP contribution < -0.4 is 19.1 Å². The standard InChI is InChI=1S/C32H38ClN3O6S/c1-41-29-17-16-27(20-30(29)42-2)36(43(3,39)40)22-31(37)35(21-24-12-9-13-25(33)18-24)28(19-23-10-5-4-6-11-23)32(38)34-26-14-7-8-15-26/h4-6,9-13,16-18,20,26,28H,7-8,14-15,19,21-22H2,1-3H3,(H,34,38)/t28-/m0/s1. The van der Waals surface area contributed by atoms with E-state index >= 15 is 0 Å². The van der Waals surface area contributed by atoms with Gasteiger partial charge in [0.15, 0.2) is 11.5 Å². The summed E-state index contributed by atoms with van der Waals surface area (Å²) in [6.07, 6.45) is 5.12. The number of ether oxygens (including phenoxy) is 2. The van der Waals surface area contributed by atoms with Crippen LogP contribution >= 0.6 is 11.6 Å². The highest BCUT2D eigenvalue weighted by Crippen LogP contribution is 2.32. The number of amides is 2. The lowest BCUT2D eigenvalue weighted by molar-refractivity contribution is -0.140. The van der Waals surface area contributed by atoms with Crippen LogP contribution in [0.1, 0.15) is 36.8 Å². The number of anilines is 1. The molecule has 0 aliphatic heterocycles. The molecule has 3 aromatic carbocycles. The molecular formula is C32H38ClN3O6S. The van der Waals surface area contributed by atoms with Crippen LogP contribution in [0.15, 0.2) is 72.8 Å². The Morgan fingerprint density at radius 2 is 1.60 bits per heavy atom. The minimum Gasteiger partial charge on any atom is -0.493 e. The van der Waals surface area contributed by atoms with Crippen molar-refractivity contribution in [3.05, 3.63) is 88.9 Å². The second kappa shape index (κ2) is 14.6. The van der Waals surface area contributed by atoms with Gasteiger partial charge >= 0.3 is 0 Å². The van der Waals surface area contributed by atoms with Gasteiger partial charge in [-0.25, -0.2) is 8.42 Å². The summed E-state index contributed by atoms with van der Waals surface area (Å²) in [7, 11) is -1.00. The zero-order valence-electron chi connectivity index (χ0n) is 24.7. The van der Waals surface area contributed by atoms with Gasteiger partial charge in [-0.1, -0.05) is 66.9 Å². The van der Waals surface area contributed by atoms with Crippen molar-refractivity contribution >= 4 is 39.1 Å². The molecule has 230 valence electrons. The molecule has 1 saturated carbocycles. The fraction of sp³-hybridized carbons (Fsp3) is 0.375. The summed E-state index contributed by atoms with van der Waals surface area (Å²) in [5.41, 5.74) is 1.81. The lowest BCUT2D eigenvalue weighted by Gasteiger charge is -2.34. The van der Waals surface area contributed by atoms with Crippen LogP contribution in [0.3, 0.4) is 0 Å². The summed E-state index contributed by atoms with van der Waals surface area (Å²) in [6, 6.07) is 20.3. The zero-order valence-corrected chi connectivity index (χ0v) is 26.2. The van der Waals surface area contributed by atoms with E-state index < -0.39 is 28.5 Å². The van der Waals surface area contributed by atoms with Gasteiger partial charge in [-0.15, -0.1) is 0 Å². The molecule has 1 N–H and O–H groups in total. The normalized spacial score (nSPS) is 14.1. The highest BCUT2D eigenvalue weighted by molar-refractivity contribution is 7.92. The maximum absolute atomic E-state index is 14.3. The molecule has 1 atom stereocenters. The average molecular weight is 628 g/mol. The zero-order chi connectivity index (χ0) is 31.0. The first kappa shape index (κ1) is 32.2. The largest absolute Gasteiger partial charge is 0.493 e. The maximum Gasteiger partial charge on any atom is 0.244 e. The average Bonchev–Trinajstić information content (AvgIpc) is 3.50. The van der Waals surface area contributed by atoms with Crippen molar-refractivity contribution in [2.24, 2.45) is 0 Å². The topological polar surface area (TPSA) is 105 Å². The molecule has 1 aliphatic rings. The molecule has 9 nitrogen and oxygen atoms in total. The van der Waals surface area contributed by atoms with E-state index in [-0.39, 0.29) is 30.6 Å². The van der Waals surface area contributed by atoms with Gasteiger partial charge < -0.3 is 19.7 Å². The van der Waals surface area contributed by atoms with Gasteiger partial charge in [0.2, 0.25) is 21.8 Å². The Balaban J connectivity index is 1.74. The molecule has 43 heavy (non-hydrogen) atoms. The minimum atomic E-state index is -3.93. The highest BCUT2D eigenvalue weighted by Gasteiger charge is 2.34. The van der Waals surface area contributed by atoms with Crippen molar-refractivity contribution in [2.45, 2.75) is 50.7 Å². The summed E-state index contributed by atoms with van der Waals surface area (Å²) in [6.45, 7) is -0.477. The Labute approximate surface area is 258 Å². The quantitative estimate of drug-likeness (QED) is 0.291. The number of benzene rings is 3. The van der Waals surface area contributed by atoms with Crippen LogP contribution in [0.2, 0.25) is 5.02 Å². The minimum absolute atomic E-state index is 0.0353. The molecule has 0 unspecified atom stereocenters. The predicted molar refractivity (Wildman–Crippen MR) is 168 cm³/mol. The van der Waals surface area contributed by atoms with E-state index in [1.807, 2.05) is 36.4 Å². The second-order valence-corrected chi connectivity index (χ2v) is 13.0. The van der Waals surface area contributed by atoms with Crippen LogP contribution in [0.25, 0.3) is 0 Å². The number of sulfonamides is 1. The number of methoxy groups -OCH3 is 2. The number of nitrogens with zero attached hydrogens (tertiary/aromatic N) is 2. The summed E-state index contributed by atoms with van der Waals surface area (Å²) in [5, 5.41) is 3.64. The molecule has 3 aromatic rings. The third-order valence-electron chi connectivity index (χ3n) is 7.55. The lowest BCUT2D eigenvalue weighted by Crippen LogP contribution is -2.54. The molecule has 0 bridgehead atoms. The van der Waals surface area contributed by atoms with Gasteiger partial charge in [-0.3, -0.25) is 13.9 Å². The molecule has 2 amide bonds. The van der Waals surface area contributed by atoms with E-state index in [4.69, 9.17) is 21.1 Å². The first-order valence-corrected chi connectivity index (χ1v) is 16.4. The molecule has 0 spiro atoms.